The van der Waals surface area contributed by atoms with Crippen molar-refractivity contribution in [3.63, 3.8) is 0 Å². The topological polar surface area (TPSA) is 71.5 Å². The number of aromatic nitrogens is 1. The summed E-state index contributed by atoms with van der Waals surface area (Å²) in [6.07, 6.45) is 0.859. The van der Waals surface area contributed by atoms with Crippen molar-refractivity contribution in [2.75, 3.05) is 19.0 Å². The van der Waals surface area contributed by atoms with E-state index in [1.54, 1.807) is 14.0 Å². The van der Waals surface area contributed by atoms with Crippen LogP contribution < -0.4 is 5.32 Å². The van der Waals surface area contributed by atoms with E-state index in [4.69, 9.17) is 9.84 Å². The zero-order valence-electron chi connectivity index (χ0n) is 9.61. The van der Waals surface area contributed by atoms with E-state index in [-0.39, 0.29) is 11.7 Å². The van der Waals surface area contributed by atoms with Crippen molar-refractivity contribution >= 4 is 22.4 Å². The minimum Gasteiger partial charge on any atom is -0.476 e. The van der Waals surface area contributed by atoms with Crippen molar-refractivity contribution < 1.29 is 14.6 Å². The van der Waals surface area contributed by atoms with E-state index in [1.165, 1.54) is 11.3 Å². The molecule has 0 spiro atoms. The molecule has 0 amide bonds. The fourth-order valence-corrected chi connectivity index (χ4v) is 2.15. The minimum absolute atomic E-state index is 0.131. The van der Waals surface area contributed by atoms with E-state index in [0.29, 0.717) is 16.6 Å². The number of carboxylic acids is 1. The number of rotatable bonds is 6. The maximum atomic E-state index is 10.8. The molecule has 1 atom stereocenters. The van der Waals surface area contributed by atoms with Crippen molar-refractivity contribution in [2.24, 2.45) is 0 Å². The average molecular weight is 244 g/mol. The average Bonchev–Trinajstić information content (AvgIpc) is 2.56. The van der Waals surface area contributed by atoms with Gasteiger partial charge in [0.25, 0.3) is 0 Å². The molecule has 0 aliphatic rings. The first-order valence-corrected chi connectivity index (χ1v) is 5.82. The summed E-state index contributed by atoms with van der Waals surface area (Å²) in [7, 11) is 1.66. The number of nitrogens with one attached hydrogen (secondary N) is 1. The van der Waals surface area contributed by atoms with Gasteiger partial charge in [-0.2, -0.15) is 0 Å². The predicted molar refractivity (Wildman–Crippen MR) is 63.4 cm³/mol. The molecule has 5 nitrogen and oxygen atoms in total. The standard InChI is InChI=1S/C10H16N2O3S/c1-6(4-5-15-3)11-10-12-8(9(13)14)7(2)16-10/h6H,4-5H2,1-3H3,(H,11,12)(H,13,14). The first kappa shape index (κ1) is 12.9. The van der Waals surface area contributed by atoms with E-state index in [9.17, 15) is 4.79 Å². The van der Waals surface area contributed by atoms with Crippen molar-refractivity contribution in [3.8, 4) is 0 Å². The molecule has 0 radical (unpaired) electrons. The lowest BCUT2D eigenvalue weighted by Crippen LogP contribution is -2.17. The summed E-state index contributed by atoms with van der Waals surface area (Å²) in [4.78, 5) is 15.5. The van der Waals surface area contributed by atoms with Gasteiger partial charge in [0.05, 0.1) is 0 Å². The first-order chi connectivity index (χ1) is 7.54. The molecule has 0 bridgehead atoms. The van der Waals surface area contributed by atoms with Gasteiger partial charge in [0.1, 0.15) is 0 Å². The highest BCUT2D eigenvalue weighted by Gasteiger charge is 2.14. The van der Waals surface area contributed by atoms with Gasteiger partial charge in [-0.05, 0) is 20.3 Å². The van der Waals surface area contributed by atoms with Gasteiger partial charge in [-0.1, -0.05) is 0 Å². The molecule has 2 N–H and O–H groups in total. The van der Waals surface area contributed by atoms with Crippen LogP contribution in [0, 0.1) is 6.92 Å². The van der Waals surface area contributed by atoms with Crippen LogP contribution >= 0.6 is 11.3 Å². The molecule has 0 saturated carbocycles. The molecular formula is C10H16N2O3S. The lowest BCUT2D eigenvalue weighted by atomic mass is 10.2. The second-order valence-electron chi connectivity index (χ2n) is 3.56. The van der Waals surface area contributed by atoms with Gasteiger partial charge in [-0.25, -0.2) is 9.78 Å². The molecule has 0 aliphatic carbocycles. The summed E-state index contributed by atoms with van der Waals surface area (Å²) in [5.41, 5.74) is 0.131. The Balaban J connectivity index is 2.60. The van der Waals surface area contributed by atoms with Gasteiger partial charge in [0.15, 0.2) is 10.8 Å². The summed E-state index contributed by atoms with van der Waals surface area (Å²) in [5, 5.41) is 12.7. The Morgan fingerprint density at radius 1 is 1.69 bits per heavy atom. The summed E-state index contributed by atoms with van der Waals surface area (Å²) >= 11 is 1.36. The molecule has 1 heterocycles. The number of hydrogen-bond donors (Lipinski definition) is 2. The smallest absolute Gasteiger partial charge is 0.355 e. The normalized spacial score (nSPS) is 12.4. The van der Waals surface area contributed by atoms with Crippen LogP contribution in [0.2, 0.25) is 0 Å². The molecule has 16 heavy (non-hydrogen) atoms. The van der Waals surface area contributed by atoms with Crippen LogP contribution in [0.5, 0.6) is 0 Å². The van der Waals surface area contributed by atoms with E-state index >= 15 is 0 Å². The third-order valence-electron chi connectivity index (χ3n) is 2.12. The fraction of sp³-hybridized carbons (Fsp3) is 0.600. The molecule has 0 saturated heterocycles. The largest absolute Gasteiger partial charge is 0.476 e. The summed E-state index contributed by atoms with van der Waals surface area (Å²) in [6, 6.07) is 0.215. The maximum Gasteiger partial charge on any atom is 0.355 e. The van der Waals surface area contributed by atoms with Crippen LogP contribution in [-0.2, 0) is 4.74 Å². The van der Waals surface area contributed by atoms with Gasteiger partial charge < -0.3 is 15.2 Å². The summed E-state index contributed by atoms with van der Waals surface area (Å²) < 4.78 is 4.97. The molecule has 90 valence electrons. The number of thiazole rings is 1. The lowest BCUT2D eigenvalue weighted by Gasteiger charge is -2.11. The van der Waals surface area contributed by atoms with Crippen molar-refractivity contribution in [1.29, 1.82) is 0 Å². The Bertz CT molecular complexity index is 365. The third-order valence-corrected chi connectivity index (χ3v) is 3.03. The van der Waals surface area contributed by atoms with Crippen molar-refractivity contribution in [1.82, 2.24) is 4.98 Å². The number of aromatic carboxylic acids is 1. The Kier molecular flexibility index (Phi) is 4.70. The number of aryl methyl sites for hydroxylation is 1. The molecule has 1 unspecified atom stereocenters. The second kappa shape index (κ2) is 5.81. The number of carboxylic acid groups (broad SMARTS) is 1. The van der Waals surface area contributed by atoms with E-state index < -0.39 is 5.97 Å². The van der Waals surface area contributed by atoms with Gasteiger partial charge in [0.2, 0.25) is 0 Å². The Hall–Kier alpha value is -1.14. The number of carbonyl (C=O) groups is 1. The zero-order valence-corrected chi connectivity index (χ0v) is 10.4. The van der Waals surface area contributed by atoms with Gasteiger partial charge >= 0.3 is 5.97 Å². The quantitative estimate of drug-likeness (QED) is 0.800. The first-order valence-electron chi connectivity index (χ1n) is 5.00. The van der Waals surface area contributed by atoms with Gasteiger partial charge in [-0.3, -0.25) is 0 Å². The highest BCUT2D eigenvalue weighted by Crippen LogP contribution is 2.22. The number of methoxy groups -OCH3 is 1. The number of hydrogen-bond acceptors (Lipinski definition) is 5. The molecule has 6 heteroatoms. The van der Waals surface area contributed by atoms with Crippen LogP contribution in [0.1, 0.15) is 28.7 Å². The molecule has 0 aromatic carbocycles. The van der Waals surface area contributed by atoms with Crippen LogP contribution in [0.15, 0.2) is 0 Å². The molecule has 1 aromatic heterocycles. The number of ether oxygens (including phenoxy) is 1. The van der Waals surface area contributed by atoms with E-state index in [1.807, 2.05) is 6.92 Å². The summed E-state index contributed by atoms with van der Waals surface area (Å²) in [6.45, 7) is 4.44. The zero-order chi connectivity index (χ0) is 12.1. The van der Waals surface area contributed by atoms with E-state index in [2.05, 4.69) is 10.3 Å². The predicted octanol–water partition coefficient (Wildman–Crippen LogP) is 1.99. The lowest BCUT2D eigenvalue weighted by molar-refractivity contribution is 0.0690. The summed E-state index contributed by atoms with van der Waals surface area (Å²) in [5.74, 6) is -0.980. The molecule has 1 rings (SSSR count). The fourth-order valence-electron chi connectivity index (χ4n) is 1.23. The molecule has 0 aliphatic heterocycles. The SMILES string of the molecule is COCCC(C)Nc1nc(C(=O)O)c(C)s1. The van der Waals surface area contributed by atoms with Crippen molar-refractivity contribution in [2.45, 2.75) is 26.3 Å². The second-order valence-corrected chi connectivity index (χ2v) is 4.76. The third kappa shape index (κ3) is 3.46. The highest BCUT2D eigenvalue weighted by atomic mass is 32.1. The number of nitrogens with zero attached hydrogens (tertiary/aromatic N) is 1. The van der Waals surface area contributed by atoms with E-state index in [0.717, 1.165) is 6.42 Å². The Morgan fingerprint density at radius 2 is 2.38 bits per heavy atom. The van der Waals surface area contributed by atoms with Crippen LogP contribution in [0.3, 0.4) is 0 Å². The van der Waals surface area contributed by atoms with Crippen LogP contribution in [0.25, 0.3) is 0 Å². The van der Waals surface area contributed by atoms with Gasteiger partial charge in [0, 0.05) is 24.6 Å². The van der Waals surface area contributed by atoms with Gasteiger partial charge in [-0.15, -0.1) is 11.3 Å². The minimum atomic E-state index is -0.980. The Labute approximate surface area is 98.5 Å². The molecule has 0 fully saturated rings. The molecule has 1 aromatic rings. The monoisotopic (exact) mass is 244 g/mol. The van der Waals surface area contributed by atoms with Crippen LogP contribution in [0.4, 0.5) is 5.13 Å². The number of anilines is 1. The van der Waals surface area contributed by atoms with Crippen LogP contribution in [-0.4, -0.2) is 35.8 Å². The highest BCUT2D eigenvalue weighted by molar-refractivity contribution is 7.15. The molecular weight excluding hydrogens is 228 g/mol. The maximum absolute atomic E-state index is 10.8. The Morgan fingerprint density at radius 3 is 2.88 bits per heavy atom. The van der Waals surface area contributed by atoms with Crippen molar-refractivity contribution in [3.05, 3.63) is 10.6 Å².